The van der Waals surface area contributed by atoms with Gasteiger partial charge in [-0.25, -0.2) is 0 Å². The van der Waals surface area contributed by atoms with Crippen LogP contribution in [0, 0.1) is 13.8 Å². The number of benzene rings is 1. The first kappa shape index (κ1) is 19.2. The van der Waals surface area contributed by atoms with Crippen LogP contribution in [0.2, 0.25) is 0 Å². The zero-order valence-electron chi connectivity index (χ0n) is 16.2. The summed E-state index contributed by atoms with van der Waals surface area (Å²) >= 11 is 1.77. The highest BCUT2D eigenvalue weighted by molar-refractivity contribution is 7.98. The number of likely N-dealkylation sites (N-methyl/N-ethyl adjacent to an activating group) is 1. The fraction of sp³-hybridized carbons (Fsp3) is 0.600. The van der Waals surface area contributed by atoms with Crippen LogP contribution in [0.5, 0.6) is 0 Å². The third kappa shape index (κ3) is 3.37. The smallest absolute Gasteiger partial charge is 0.254 e. The number of nitrogens with one attached hydrogen (secondary N) is 1. The zero-order valence-corrected chi connectivity index (χ0v) is 17.0. The average Bonchev–Trinajstić information content (AvgIpc) is 2.87. The van der Waals surface area contributed by atoms with Crippen LogP contribution in [0.3, 0.4) is 0 Å². The lowest BCUT2D eigenvalue weighted by molar-refractivity contribution is -0.131. The minimum absolute atomic E-state index is 0.0891. The van der Waals surface area contributed by atoms with Gasteiger partial charge in [0.1, 0.15) is 0 Å². The maximum absolute atomic E-state index is 12.9. The van der Waals surface area contributed by atoms with Crippen LogP contribution in [0.15, 0.2) is 18.2 Å². The number of amides is 2. The van der Waals surface area contributed by atoms with E-state index in [1.54, 1.807) is 11.8 Å². The van der Waals surface area contributed by atoms with Crippen LogP contribution in [0.4, 0.5) is 0 Å². The molecular formula is C20H29N3O2S. The number of carbonyl (C=O) groups excluding carboxylic acids is 2. The summed E-state index contributed by atoms with van der Waals surface area (Å²) in [5.74, 6) is 1.27. The topological polar surface area (TPSA) is 52.7 Å². The van der Waals surface area contributed by atoms with Crippen LogP contribution in [0.1, 0.15) is 40.7 Å². The number of hydrogen-bond donors (Lipinski definition) is 1. The van der Waals surface area contributed by atoms with Crippen molar-refractivity contribution in [1.82, 2.24) is 15.1 Å². The van der Waals surface area contributed by atoms with Gasteiger partial charge in [-0.3, -0.25) is 14.9 Å². The summed E-state index contributed by atoms with van der Waals surface area (Å²) in [6.45, 7) is 5.39. The van der Waals surface area contributed by atoms with Crippen LogP contribution >= 0.6 is 11.8 Å². The molecule has 1 spiro atoms. The third-order valence-corrected chi connectivity index (χ3v) is 6.68. The van der Waals surface area contributed by atoms with Gasteiger partial charge in [-0.15, -0.1) is 0 Å². The van der Waals surface area contributed by atoms with Gasteiger partial charge in [-0.1, -0.05) is 12.1 Å². The van der Waals surface area contributed by atoms with Gasteiger partial charge in [0, 0.05) is 38.5 Å². The molecule has 1 N–H and O–H groups in total. The highest BCUT2D eigenvalue weighted by Crippen LogP contribution is 2.33. The number of hydrogen-bond acceptors (Lipinski definition) is 4. The molecular weight excluding hydrogens is 346 g/mol. The Hall–Kier alpha value is -1.53. The number of nitrogens with zero attached hydrogens (tertiary/aromatic N) is 2. The summed E-state index contributed by atoms with van der Waals surface area (Å²) in [7, 11) is 1.90. The van der Waals surface area contributed by atoms with E-state index in [1.165, 1.54) is 0 Å². The van der Waals surface area contributed by atoms with Crippen molar-refractivity contribution < 1.29 is 9.59 Å². The van der Waals surface area contributed by atoms with E-state index in [0.717, 1.165) is 41.7 Å². The van der Waals surface area contributed by atoms with Crippen LogP contribution in [-0.2, 0) is 4.79 Å². The van der Waals surface area contributed by atoms with Crippen molar-refractivity contribution in [2.24, 2.45) is 0 Å². The monoisotopic (exact) mass is 375 g/mol. The SMILES string of the molecule is CSCCC1NC2(CCN(C(=O)c3cccc(C)c3C)CC2)N(C)C1=O. The van der Waals surface area contributed by atoms with Crippen molar-refractivity contribution in [2.45, 2.75) is 44.8 Å². The number of likely N-dealkylation sites (tertiary alicyclic amines) is 1. The molecule has 1 aromatic rings. The molecule has 0 aliphatic carbocycles. The Morgan fingerprint density at radius 1 is 1.31 bits per heavy atom. The Morgan fingerprint density at radius 2 is 2.00 bits per heavy atom. The first-order valence-corrected chi connectivity index (χ1v) is 10.7. The van der Waals surface area contributed by atoms with Gasteiger partial charge in [-0.05, 0) is 49.5 Å². The molecule has 5 nitrogen and oxygen atoms in total. The zero-order chi connectivity index (χ0) is 18.9. The van der Waals surface area contributed by atoms with E-state index in [2.05, 4.69) is 11.6 Å². The minimum atomic E-state index is -0.293. The van der Waals surface area contributed by atoms with Gasteiger partial charge in [-0.2, -0.15) is 11.8 Å². The van der Waals surface area contributed by atoms with Crippen molar-refractivity contribution >= 4 is 23.6 Å². The van der Waals surface area contributed by atoms with E-state index in [4.69, 9.17) is 0 Å². The average molecular weight is 376 g/mol. The molecule has 6 heteroatoms. The normalized spacial score (nSPS) is 22.3. The van der Waals surface area contributed by atoms with E-state index in [1.807, 2.05) is 48.9 Å². The molecule has 0 saturated carbocycles. The predicted molar refractivity (Wildman–Crippen MR) is 106 cm³/mol. The van der Waals surface area contributed by atoms with Gasteiger partial charge in [0.25, 0.3) is 5.91 Å². The van der Waals surface area contributed by atoms with Crippen LogP contribution in [-0.4, -0.2) is 65.5 Å². The Balaban J connectivity index is 1.68. The van der Waals surface area contributed by atoms with Gasteiger partial charge in [0.2, 0.25) is 5.91 Å². The molecule has 0 bridgehead atoms. The van der Waals surface area contributed by atoms with Gasteiger partial charge in [0.15, 0.2) is 0 Å². The Morgan fingerprint density at radius 3 is 2.65 bits per heavy atom. The number of carbonyl (C=O) groups is 2. The first-order chi connectivity index (χ1) is 12.4. The van der Waals surface area contributed by atoms with Crippen molar-refractivity contribution in [1.29, 1.82) is 0 Å². The van der Waals surface area contributed by atoms with Crippen molar-refractivity contribution in [2.75, 3.05) is 32.1 Å². The van der Waals surface area contributed by atoms with E-state index in [-0.39, 0.29) is 23.5 Å². The maximum Gasteiger partial charge on any atom is 0.254 e. The highest BCUT2D eigenvalue weighted by atomic mass is 32.2. The molecule has 2 heterocycles. The summed E-state index contributed by atoms with van der Waals surface area (Å²) in [6.07, 6.45) is 4.48. The molecule has 1 unspecified atom stereocenters. The molecule has 0 aromatic heterocycles. The molecule has 2 amide bonds. The Labute approximate surface area is 160 Å². The van der Waals surface area contributed by atoms with E-state index >= 15 is 0 Å². The van der Waals surface area contributed by atoms with E-state index in [9.17, 15) is 9.59 Å². The summed E-state index contributed by atoms with van der Waals surface area (Å²) in [4.78, 5) is 29.3. The maximum atomic E-state index is 12.9. The Bertz CT molecular complexity index is 698. The highest BCUT2D eigenvalue weighted by Gasteiger charge is 2.49. The van der Waals surface area contributed by atoms with Gasteiger partial charge < -0.3 is 9.80 Å². The first-order valence-electron chi connectivity index (χ1n) is 9.29. The van der Waals surface area contributed by atoms with Crippen LogP contribution < -0.4 is 5.32 Å². The minimum Gasteiger partial charge on any atom is -0.338 e. The lowest BCUT2D eigenvalue weighted by Crippen LogP contribution is -2.58. The molecule has 1 aromatic carbocycles. The molecule has 2 saturated heterocycles. The number of rotatable bonds is 4. The number of piperidine rings is 1. The third-order valence-electron chi connectivity index (χ3n) is 6.04. The second-order valence-corrected chi connectivity index (χ2v) is 8.43. The second-order valence-electron chi connectivity index (χ2n) is 7.45. The molecule has 26 heavy (non-hydrogen) atoms. The molecule has 2 fully saturated rings. The second kappa shape index (κ2) is 7.61. The Kier molecular flexibility index (Phi) is 5.63. The fourth-order valence-corrected chi connectivity index (χ4v) is 4.54. The molecule has 1 atom stereocenters. The number of aryl methyl sites for hydroxylation is 1. The lowest BCUT2D eigenvalue weighted by atomic mass is 9.95. The van der Waals surface area contributed by atoms with Crippen molar-refractivity contribution in [3.63, 3.8) is 0 Å². The summed E-state index contributed by atoms with van der Waals surface area (Å²) in [5.41, 5.74) is 2.70. The standard InChI is InChI=1S/C20H29N3O2S/c1-14-6-5-7-16(15(14)2)18(24)23-11-9-20(10-12-23)21-17(8-13-26-4)19(25)22(20)3/h5-7,17,21H,8-13H2,1-4H3. The molecule has 0 radical (unpaired) electrons. The van der Waals surface area contributed by atoms with E-state index < -0.39 is 0 Å². The van der Waals surface area contributed by atoms with Gasteiger partial charge in [0.05, 0.1) is 11.7 Å². The van der Waals surface area contributed by atoms with E-state index in [0.29, 0.717) is 13.1 Å². The molecule has 2 aliphatic rings. The fourth-order valence-electron chi connectivity index (χ4n) is 4.07. The largest absolute Gasteiger partial charge is 0.338 e. The lowest BCUT2D eigenvalue weighted by Gasteiger charge is -2.43. The summed E-state index contributed by atoms with van der Waals surface area (Å²) in [6, 6.07) is 5.81. The number of thioether (sulfide) groups is 1. The van der Waals surface area contributed by atoms with Crippen molar-refractivity contribution in [3.8, 4) is 0 Å². The quantitative estimate of drug-likeness (QED) is 0.878. The van der Waals surface area contributed by atoms with Crippen molar-refractivity contribution in [3.05, 3.63) is 34.9 Å². The van der Waals surface area contributed by atoms with Crippen LogP contribution in [0.25, 0.3) is 0 Å². The molecule has 142 valence electrons. The predicted octanol–water partition coefficient (Wildman–Crippen LogP) is 2.42. The summed E-state index contributed by atoms with van der Waals surface area (Å²) in [5, 5.41) is 3.59. The molecule has 2 aliphatic heterocycles. The molecule has 3 rings (SSSR count). The van der Waals surface area contributed by atoms with Gasteiger partial charge >= 0.3 is 0 Å². The summed E-state index contributed by atoms with van der Waals surface area (Å²) < 4.78 is 0.